The average Bonchev–Trinajstić information content (AvgIpc) is 2.77. The average molecular weight is 255 g/mol. The van der Waals surface area contributed by atoms with Crippen LogP contribution < -0.4 is 5.32 Å². The molecule has 1 aromatic rings. The Labute approximate surface area is 107 Å². The van der Waals surface area contributed by atoms with Gasteiger partial charge < -0.3 is 10.4 Å². The maximum Gasteiger partial charge on any atom is 0.227 e. The molecule has 96 valence electrons. The summed E-state index contributed by atoms with van der Waals surface area (Å²) in [6.07, 6.45) is 0.265. The number of thiophene rings is 1. The molecule has 0 saturated heterocycles. The van der Waals surface area contributed by atoms with E-state index >= 15 is 0 Å². The number of rotatable bonds is 6. The molecule has 0 aliphatic carbocycles. The van der Waals surface area contributed by atoms with E-state index in [1.165, 1.54) is 0 Å². The molecule has 2 atom stereocenters. The standard InChI is InChI=1S/C13H21NO2S/c1-9(2)6-12(15)7-14-13(16)10(3)11-4-5-17-8-11/h4-5,8-10,12,15H,6-7H2,1-3H3,(H,14,16). The first-order chi connectivity index (χ1) is 8.00. The number of carbonyl (C=O) groups is 1. The van der Waals surface area contributed by atoms with E-state index in [4.69, 9.17) is 0 Å². The summed E-state index contributed by atoms with van der Waals surface area (Å²) in [4.78, 5) is 11.8. The zero-order chi connectivity index (χ0) is 12.8. The van der Waals surface area contributed by atoms with Crippen molar-refractivity contribution in [3.8, 4) is 0 Å². The second-order valence-electron chi connectivity index (χ2n) is 4.81. The molecule has 0 fully saturated rings. The first-order valence-corrected chi connectivity index (χ1v) is 6.92. The Bertz CT molecular complexity index is 335. The van der Waals surface area contributed by atoms with Gasteiger partial charge in [-0.15, -0.1) is 0 Å². The van der Waals surface area contributed by atoms with Crippen molar-refractivity contribution in [1.29, 1.82) is 0 Å². The van der Waals surface area contributed by atoms with E-state index < -0.39 is 6.10 Å². The Morgan fingerprint density at radius 2 is 2.18 bits per heavy atom. The van der Waals surface area contributed by atoms with Crippen LogP contribution in [0.15, 0.2) is 16.8 Å². The fourth-order valence-corrected chi connectivity index (χ4v) is 2.43. The van der Waals surface area contributed by atoms with Crippen molar-refractivity contribution >= 4 is 17.2 Å². The predicted octanol–water partition coefficient (Wildman–Crippen LogP) is 2.37. The fraction of sp³-hybridized carbons (Fsp3) is 0.615. The minimum absolute atomic E-state index is 0.0220. The van der Waals surface area contributed by atoms with Crippen LogP contribution >= 0.6 is 11.3 Å². The molecule has 1 heterocycles. The van der Waals surface area contributed by atoms with Crippen LogP contribution in [0, 0.1) is 5.92 Å². The van der Waals surface area contributed by atoms with Gasteiger partial charge in [0.2, 0.25) is 5.91 Å². The maximum atomic E-state index is 11.8. The number of carbonyl (C=O) groups excluding carboxylic acids is 1. The summed E-state index contributed by atoms with van der Waals surface area (Å²) in [6.45, 7) is 6.33. The molecule has 0 spiro atoms. The Morgan fingerprint density at radius 1 is 1.47 bits per heavy atom. The third-order valence-electron chi connectivity index (χ3n) is 2.69. The fourth-order valence-electron chi connectivity index (χ4n) is 1.67. The van der Waals surface area contributed by atoms with E-state index in [1.54, 1.807) is 11.3 Å². The lowest BCUT2D eigenvalue weighted by Crippen LogP contribution is -2.35. The van der Waals surface area contributed by atoms with Crippen molar-refractivity contribution < 1.29 is 9.90 Å². The summed E-state index contributed by atoms with van der Waals surface area (Å²) >= 11 is 1.59. The molecular weight excluding hydrogens is 234 g/mol. The van der Waals surface area contributed by atoms with Gasteiger partial charge in [-0.25, -0.2) is 0 Å². The topological polar surface area (TPSA) is 49.3 Å². The molecule has 17 heavy (non-hydrogen) atoms. The van der Waals surface area contributed by atoms with Crippen molar-refractivity contribution in [2.24, 2.45) is 5.92 Å². The molecule has 0 aromatic carbocycles. The Kier molecular flexibility index (Phi) is 5.65. The van der Waals surface area contributed by atoms with Gasteiger partial charge in [0, 0.05) is 6.54 Å². The largest absolute Gasteiger partial charge is 0.391 e. The number of hydrogen-bond acceptors (Lipinski definition) is 3. The molecule has 1 amide bonds. The second kappa shape index (κ2) is 6.77. The second-order valence-corrected chi connectivity index (χ2v) is 5.59. The van der Waals surface area contributed by atoms with Gasteiger partial charge in [0.1, 0.15) is 0 Å². The number of aliphatic hydroxyl groups is 1. The smallest absolute Gasteiger partial charge is 0.227 e. The first-order valence-electron chi connectivity index (χ1n) is 5.98. The summed E-state index contributed by atoms with van der Waals surface area (Å²) < 4.78 is 0. The molecule has 2 N–H and O–H groups in total. The third-order valence-corrected chi connectivity index (χ3v) is 3.39. The quantitative estimate of drug-likeness (QED) is 0.820. The molecule has 0 aliphatic heterocycles. The highest BCUT2D eigenvalue weighted by Crippen LogP contribution is 2.18. The van der Waals surface area contributed by atoms with Gasteiger partial charge >= 0.3 is 0 Å². The highest BCUT2D eigenvalue weighted by Gasteiger charge is 2.16. The number of aliphatic hydroxyl groups excluding tert-OH is 1. The highest BCUT2D eigenvalue weighted by molar-refractivity contribution is 7.08. The molecule has 4 heteroatoms. The first kappa shape index (κ1) is 14.2. The minimum atomic E-state index is -0.450. The lowest BCUT2D eigenvalue weighted by molar-refractivity contribution is -0.122. The monoisotopic (exact) mass is 255 g/mol. The van der Waals surface area contributed by atoms with E-state index in [1.807, 2.05) is 23.8 Å². The van der Waals surface area contributed by atoms with Gasteiger partial charge in [-0.05, 0) is 41.7 Å². The zero-order valence-electron chi connectivity index (χ0n) is 10.6. The van der Waals surface area contributed by atoms with Crippen LogP contribution in [-0.4, -0.2) is 23.7 Å². The lowest BCUT2D eigenvalue weighted by atomic mass is 10.0. The normalized spacial score (nSPS) is 14.6. The molecule has 1 rings (SSSR count). The van der Waals surface area contributed by atoms with Crippen molar-refractivity contribution in [3.63, 3.8) is 0 Å². The predicted molar refractivity (Wildman–Crippen MR) is 71.2 cm³/mol. The summed E-state index contributed by atoms with van der Waals surface area (Å²) in [5.74, 6) is 0.273. The van der Waals surface area contributed by atoms with Crippen molar-refractivity contribution in [2.45, 2.75) is 39.2 Å². The number of hydrogen-bond donors (Lipinski definition) is 2. The molecule has 1 aromatic heterocycles. The van der Waals surface area contributed by atoms with Crippen LogP contribution in [0.1, 0.15) is 38.7 Å². The minimum Gasteiger partial charge on any atom is -0.391 e. The molecule has 3 nitrogen and oxygen atoms in total. The van der Waals surface area contributed by atoms with Crippen LogP contribution in [0.2, 0.25) is 0 Å². The van der Waals surface area contributed by atoms with E-state index in [0.29, 0.717) is 18.9 Å². The van der Waals surface area contributed by atoms with E-state index in [9.17, 15) is 9.90 Å². The van der Waals surface area contributed by atoms with Gasteiger partial charge in [0.05, 0.1) is 12.0 Å². The molecule has 0 radical (unpaired) electrons. The van der Waals surface area contributed by atoms with E-state index in [-0.39, 0.29) is 11.8 Å². The number of amides is 1. The van der Waals surface area contributed by atoms with Crippen LogP contribution in [0.3, 0.4) is 0 Å². The Balaban J connectivity index is 2.34. The van der Waals surface area contributed by atoms with Crippen LogP contribution in [0.4, 0.5) is 0 Å². The Hall–Kier alpha value is -0.870. The SMILES string of the molecule is CC(C)CC(O)CNC(=O)C(C)c1ccsc1. The summed E-state index contributed by atoms with van der Waals surface area (Å²) in [7, 11) is 0. The van der Waals surface area contributed by atoms with E-state index in [0.717, 1.165) is 5.56 Å². The van der Waals surface area contributed by atoms with Crippen molar-refractivity contribution in [3.05, 3.63) is 22.4 Å². The highest BCUT2D eigenvalue weighted by atomic mass is 32.1. The van der Waals surface area contributed by atoms with Gasteiger partial charge in [-0.2, -0.15) is 11.3 Å². The zero-order valence-corrected chi connectivity index (χ0v) is 11.5. The van der Waals surface area contributed by atoms with E-state index in [2.05, 4.69) is 19.2 Å². The summed E-state index contributed by atoms with van der Waals surface area (Å²) in [6, 6.07) is 1.96. The summed E-state index contributed by atoms with van der Waals surface area (Å²) in [5, 5.41) is 16.4. The maximum absolute atomic E-state index is 11.8. The van der Waals surface area contributed by atoms with Crippen molar-refractivity contribution in [1.82, 2.24) is 5.32 Å². The van der Waals surface area contributed by atoms with Gasteiger partial charge in [0.25, 0.3) is 0 Å². The molecule has 0 bridgehead atoms. The summed E-state index contributed by atoms with van der Waals surface area (Å²) in [5.41, 5.74) is 1.03. The van der Waals surface area contributed by atoms with Gasteiger partial charge in [-0.1, -0.05) is 13.8 Å². The molecular formula is C13H21NO2S. The van der Waals surface area contributed by atoms with Gasteiger partial charge in [-0.3, -0.25) is 4.79 Å². The molecule has 0 saturated carbocycles. The van der Waals surface area contributed by atoms with Crippen molar-refractivity contribution in [2.75, 3.05) is 6.54 Å². The molecule has 0 aliphatic rings. The van der Waals surface area contributed by atoms with Crippen LogP contribution in [0.25, 0.3) is 0 Å². The van der Waals surface area contributed by atoms with Gasteiger partial charge in [0.15, 0.2) is 0 Å². The molecule has 2 unspecified atom stereocenters. The van der Waals surface area contributed by atoms with Crippen LogP contribution in [0.5, 0.6) is 0 Å². The third kappa shape index (κ3) is 4.88. The lowest BCUT2D eigenvalue weighted by Gasteiger charge is -2.16. The number of nitrogens with one attached hydrogen (secondary N) is 1. The Morgan fingerprint density at radius 3 is 2.71 bits per heavy atom. The van der Waals surface area contributed by atoms with Crippen LogP contribution in [-0.2, 0) is 4.79 Å².